The smallest absolute Gasteiger partial charge is 0.249 e. The lowest BCUT2D eigenvalue weighted by atomic mass is 10.0. The molecule has 0 unspecified atom stereocenters. The van der Waals surface area contributed by atoms with Crippen LogP contribution in [0.4, 0.5) is 11.6 Å². The first-order valence-corrected chi connectivity index (χ1v) is 11.2. The molecule has 8 nitrogen and oxygen atoms in total. The molecule has 8 heteroatoms. The Morgan fingerprint density at radius 2 is 1.64 bits per heavy atom. The largest absolute Gasteiger partial charge is 0.436 e. The van der Waals surface area contributed by atoms with E-state index in [-0.39, 0.29) is 0 Å². The van der Waals surface area contributed by atoms with Crippen molar-refractivity contribution in [3.63, 3.8) is 0 Å². The number of nitrogens with one attached hydrogen (secondary N) is 1. The summed E-state index contributed by atoms with van der Waals surface area (Å²) in [6, 6.07) is 20.8. The number of hydrogen-bond donors (Lipinski definition) is 1. The minimum Gasteiger partial charge on any atom is -0.436 e. The van der Waals surface area contributed by atoms with E-state index >= 15 is 0 Å². The zero-order valence-electron chi connectivity index (χ0n) is 19.9. The summed E-state index contributed by atoms with van der Waals surface area (Å²) in [7, 11) is 1.92. The summed E-state index contributed by atoms with van der Waals surface area (Å²) in [5.41, 5.74) is 7.05. The first kappa shape index (κ1) is 22.6. The second kappa shape index (κ2) is 9.21. The van der Waals surface area contributed by atoms with Crippen LogP contribution in [0.15, 0.2) is 67.0 Å². The van der Waals surface area contributed by atoms with E-state index in [1.807, 2.05) is 74.1 Å². The van der Waals surface area contributed by atoms with Gasteiger partial charge in [-0.15, -0.1) is 0 Å². The van der Waals surface area contributed by atoms with Crippen LogP contribution in [0.2, 0.25) is 0 Å². The van der Waals surface area contributed by atoms with E-state index in [9.17, 15) is 0 Å². The minimum absolute atomic E-state index is 0.382. The lowest BCUT2D eigenvalue weighted by Crippen LogP contribution is -2.02. The molecule has 0 aliphatic heterocycles. The molecular weight excluding hydrogens is 450 g/mol. The van der Waals surface area contributed by atoms with Gasteiger partial charge >= 0.3 is 0 Å². The molecule has 0 radical (unpaired) electrons. The molecule has 0 saturated heterocycles. The number of aromatic nitrogens is 4. The van der Waals surface area contributed by atoms with E-state index in [4.69, 9.17) is 15.3 Å². The predicted molar refractivity (Wildman–Crippen MR) is 137 cm³/mol. The molecule has 0 aliphatic carbocycles. The van der Waals surface area contributed by atoms with E-state index in [1.54, 1.807) is 24.4 Å². The first-order valence-electron chi connectivity index (χ1n) is 11.2. The molecule has 0 amide bonds. The highest BCUT2D eigenvalue weighted by Crippen LogP contribution is 2.36. The van der Waals surface area contributed by atoms with Gasteiger partial charge in [-0.3, -0.25) is 0 Å². The lowest BCUT2D eigenvalue weighted by molar-refractivity contribution is 0.459. The molecule has 0 saturated carbocycles. The number of nitrogens with zero attached hydrogens (tertiary/aromatic N) is 6. The molecule has 5 rings (SSSR count). The summed E-state index contributed by atoms with van der Waals surface area (Å²) in [4.78, 5) is 13.5. The molecule has 174 valence electrons. The number of rotatable bonds is 5. The van der Waals surface area contributed by atoms with Crippen molar-refractivity contribution in [2.24, 2.45) is 7.05 Å². The Bertz CT molecular complexity index is 1650. The van der Waals surface area contributed by atoms with Crippen LogP contribution < -0.4 is 10.1 Å². The SMILES string of the molecule is Cc1cc(-c2ccc(C#N)nc2)cc(C)c1Oc1nc(Nc2ccc(C#N)cc2)nc2ccn(C)c12. The number of anilines is 2. The second-order valence-electron chi connectivity index (χ2n) is 8.41. The summed E-state index contributed by atoms with van der Waals surface area (Å²) in [6.45, 7) is 3.98. The van der Waals surface area contributed by atoms with Crippen molar-refractivity contribution in [2.75, 3.05) is 5.32 Å². The third-order valence-corrected chi connectivity index (χ3v) is 5.83. The van der Waals surface area contributed by atoms with Gasteiger partial charge in [0.2, 0.25) is 11.8 Å². The summed E-state index contributed by atoms with van der Waals surface area (Å²) in [5, 5.41) is 21.2. The zero-order valence-corrected chi connectivity index (χ0v) is 19.9. The van der Waals surface area contributed by atoms with E-state index in [0.29, 0.717) is 28.8 Å². The second-order valence-corrected chi connectivity index (χ2v) is 8.41. The molecule has 0 bridgehead atoms. The molecule has 2 aromatic carbocycles. The van der Waals surface area contributed by atoms with Crippen molar-refractivity contribution >= 4 is 22.7 Å². The van der Waals surface area contributed by atoms with Crippen LogP contribution in [0.3, 0.4) is 0 Å². The summed E-state index contributed by atoms with van der Waals surface area (Å²) < 4.78 is 8.35. The Morgan fingerprint density at radius 1 is 0.889 bits per heavy atom. The van der Waals surface area contributed by atoms with Crippen LogP contribution in [0, 0.1) is 36.5 Å². The van der Waals surface area contributed by atoms with Gasteiger partial charge in [-0.25, -0.2) is 9.97 Å². The van der Waals surface area contributed by atoms with Gasteiger partial charge in [-0.2, -0.15) is 15.5 Å². The van der Waals surface area contributed by atoms with Gasteiger partial charge < -0.3 is 14.6 Å². The number of pyridine rings is 1. The third-order valence-electron chi connectivity index (χ3n) is 5.83. The van der Waals surface area contributed by atoms with Crippen LogP contribution in [-0.2, 0) is 7.05 Å². The molecule has 3 heterocycles. The molecule has 0 fully saturated rings. The first-order chi connectivity index (χ1) is 17.4. The van der Waals surface area contributed by atoms with Crippen molar-refractivity contribution in [3.05, 3.63) is 89.4 Å². The number of ether oxygens (including phenoxy) is 1. The quantitative estimate of drug-likeness (QED) is 0.338. The molecule has 0 atom stereocenters. The highest BCUT2D eigenvalue weighted by Gasteiger charge is 2.17. The van der Waals surface area contributed by atoms with Gasteiger partial charge in [0.25, 0.3) is 0 Å². The van der Waals surface area contributed by atoms with E-state index in [1.165, 1.54) is 0 Å². The highest BCUT2D eigenvalue weighted by molar-refractivity contribution is 5.83. The number of benzene rings is 2. The van der Waals surface area contributed by atoms with Gasteiger partial charge in [-0.05, 0) is 85.1 Å². The van der Waals surface area contributed by atoms with Crippen LogP contribution >= 0.6 is 0 Å². The molecule has 36 heavy (non-hydrogen) atoms. The Kier molecular flexibility index (Phi) is 5.77. The summed E-state index contributed by atoms with van der Waals surface area (Å²) in [5.74, 6) is 1.54. The lowest BCUT2D eigenvalue weighted by Gasteiger charge is -2.15. The molecule has 3 aromatic heterocycles. The van der Waals surface area contributed by atoms with Crippen molar-refractivity contribution in [3.8, 4) is 34.9 Å². The predicted octanol–water partition coefficient (Wildman–Crippen LogP) is 5.93. The fraction of sp³-hybridized carbons (Fsp3) is 0.107. The van der Waals surface area contributed by atoms with Gasteiger partial charge in [0.15, 0.2) is 0 Å². The maximum atomic E-state index is 9.03. The van der Waals surface area contributed by atoms with Crippen LogP contribution in [-0.4, -0.2) is 19.5 Å². The monoisotopic (exact) mass is 471 g/mol. The van der Waals surface area contributed by atoms with Crippen molar-refractivity contribution in [1.29, 1.82) is 10.5 Å². The molecule has 0 spiro atoms. The molecular formula is C28H21N7O. The fourth-order valence-corrected chi connectivity index (χ4v) is 4.05. The maximum Gasteiger partial charge on any atom is 0.249 e. The van der Waals surface area contributed by atoms with Crippen molar-refractivity contribution < 1.29 is 4.74 Å². The number of aryl methyl sites for hydroxylation is 3. The maximum absolute atomic E-state index is 9.03. The average molecular weight is 472 g/mol. The summed E-state index contributed by atoms with van der Waals surface area (Å²) in [6.07, 6.45) is 3.62. The number of hydrogen-bond acceptors (Lipinski definition) is 7. The van der Waals surface area contributed by atoms with Gasteiger partial charge in [0, 0.05) is 30.7 Å². The Morgan fingerprint density at radius 3 is 2.28 bits per heavy atom. The summed E-state index contributed by atoms with van der Waals surface area (Å²) >= 11 is 0. The van der Waals surface area contributed by atoms with E-state index in [0.717, 1.165) is 39.0 Å². The number of nitriles is 2. The Balaban J connectivity index is 1.51. The topological polar surface area (TPSA) is 112 Å². The van der Waals surface area contributed by atoms with Crippen molar-refractivity contribution in [1.82, 2.24) is 19.5 Å². The molecule has 0 aliphatic rings. The standard InChI is InChI=1S/C28H21N7O/c1-17-12-21(20-6-9-23(15-30)31-16-20)13-18(2)26(17)36-27-25-24(10-11-35(25)3)33-28(34-27)32-22-7-4-19(14-29)5-8-22/h4-13,16H,1-3H3,(H,32,33,34). The Hall–Kier alpha value is -5.21. The normalized spacial score (nSPS) is 10.6. The van der Waals surface area contributed by atoms with Crippen LogP contribution in [0.1, 0.15) is 22.4 Å². The minimum atomic E-state index is 0.382. The third kappa shape index (κ3) is 4.31. The molecule has 5 aromatic rings. The van der Waals surface area contributed by atoms with Gasteiger partial charge in [0.05, 0.1) is 17.1 Å². The zero-order chi connectivity index (χ0) is 25.2. The average Bonchev–Trinajstić information content (AvgIpc) is 3.27. The van der Waals surface area contributed by atoms with E-state index < -0.39 is 0 Å². The van der Waals surface area contributed by atoms with Crippen LogP contribution in [0.5, 0.6) is 11.6 Å². The van der Waals surface area contributed by atoms with Crippen molar-refractivity contribution in [2.45, 2.75) is 13.8 Å². The molecule has 1 N–H and O–H groups in total. The van der Waals surface area contributed by atoms with Gasteiger partial charge in [-0.1, -0.05) is 0 Å². The number of fused-ring (bicyclic) bond motifs is 1. The Labute approximate surface area is 208 Å². The highest BCUT2D eigenvalue weighted by atomic mass is 16.5. The van der Waals surface area contributed by atoms with Gasteiger partial charge in [0.1, 0.15) is 23.0 Å². The fourth-order valence-electron chi connectivity index (χ4n) is 4.05. The van der Waals surface area contributed by atoms with E-state index in [2.05, 4.69) is 26.3 Å². The van der Waals surface area contributed by atoms with Crippen LogP contribution in [0.25, 0.3) is 22.2 Å².